The Balaban J connectivity index is 2.50. The van der Waals surface area contributed by atoms with Gasteiger partial charge >= 0.3 is 0 Å². The van der Waals surface area contributed by atoms with Crippen molar-refractivity contribution in [2.24, 2.45) is 0 Å². The average molecular weight is 188 g/mol. The number of aromatic hydroxyl groups is 1. The maximum Gasteiger partial charge on any atom is 0.291 e. The first-order valence-corrected chi connectivity index (χ1v) is 4.64. The average Bonchev–Trinajstić information content (AvgIpc) is 2.65. The van der Waals surface area contributed by atoms with Gasteiger partial charge in [0.05, 0.1) is 5.69 Å². The fourth-order valence-electron chi connectivity index (χ4n) is 1.53. The topological polar surface area (TPSA) is 48.9 Å². The molecule has 72 valence electrons. The van der Waals surface area contributed by atoms with Crippen molar-refractivity contribution >= 4 is 0 Å². The zero-order chi connectivity index (χ0) is 9.97. The summed E-state index contributed by atoms with van der Waals surface area (Å²) in [5.74, 6) is 0. The van der Waals surface area contributed by atoms with E-state index in [-0.39, 0.29) is 6.01 Å². The number of benzene rings is 1. The van der Waals surface area contributed by atoms with Crippen molar-refractivity contribution in [3.8, 4) is 17.3 Å². The van der Waals surface area contributed by atoms with Crippen LogP contribution in [0.15, 0.2) is 30.5 Å². The van der Waals surface area contributed by atoms with Gasteiger partial charge in [-0.05, 0) is 12.0 Å². The van der Waals surface area contributed by atoms with E-state index in [0.717, 1.165) is 17.7 Å². The molecular formula is C11H12N2O. The van der Waals surface area contributed by atoms with Crippen LogP contribution in [0.1, 0.15) is 12.5 Å². The zero-order valence-electron chi connectivity index (χ0n) is 7.99. The van der Waals surface area contributed by atoms with Crippen molar-refractivity contribution in [3.63, 3.8) is 0 Å². The molecule has 0 saturated carbocycles. The predicted molar refractivity (Wildman–Crippen MR) is 55.1 cm³/mol. The summed E-state index contributed by atoms with van der Waals surface area (Å²) >= 11 is 0. The lowest BCUT2D eigenvalue weighted by Crippen LogP contribution is -1.86. The van der Waals surface area contributed by atoms with Gasteiger partial charge in [0.15, 0.2) is 0 Å². The van der Waals surface area contributed by atoms with Gasteiger partial charge in [-0.1, -0.05) is 31.2 Å². The lowest BCUT2D eigenvalue weighted by Gasteiger charge is -2.03. The van der Waals surface area contributed by atoms with Gasteiger partial charge in [-0.15, -0.1) is 0 Å². The van der Waals surface area contributed by atoms with Crippen molar-refractivity contribution in [2.75, 3.05) is 0 Å². The number of aromatic nitrogens is 2. The summed E-state index contributed by atoms with van der Waals surface area (Å²) in [5.41, 5.74) is 3.10. The molecule has 3 nitrogen and oxygen atoms in total. The Kier molecular flexibility index (Phi) is 2.23. The molecule has 3 heteroatoms. The molecule has 0 spiro atoms. The van der Waals surface area contributed by atoms with Crippen LogP contribution < -0.4 is 0 Å². The molecule has 2 rings (SSSR count). The van der Waals surface area contributed by atoms with E-state index in [1.54, 1.807) is 6.20 Å². The second-order valence-electron chi connectivity index (χ2n) is 3.12. The number of imidazole rings is 1. The smallest absolute Gasteiger partial charge is 0.291 e. The minimum absolute atomic E-state index is 0.0362. The van der Waals surface area contributed by atoms with Gasteiger partial charge in [0, 0.05) is 11.8 Å². The number of H-pyrrole nitrogens is 1. The van der Waals surface area contributed by atoms with Crippen LogP contribution in [-0.2, 0) is 6.42 Å². The number of nitrogens with one attached hydrogen (secondary N) is 1. The summed E-state index contributed by atoms with van der Waals surface area (Å²) < 4.78 is 0. The molecule has 0 bridgehead atoms. The van der Waals surface area contributed by atoms with E-state index in [1.165, 1.54) is 5.56 Å². The quantitative estimate of drug-likeness (QED) is 0.760. The molecule has 0 unspecified atom stereocenters. The lowest BCUT2D eigenvalue weighted by atomic mass is 10.0. The third-order valence-corrected chi connectivity index (χ3v) is 2.24. The summed E-state index contributed by atoms with van der Waals surface area (Å²) in [4.78, 5) is 6.65. The fourth-order valence-corrected chi connectivity index (χ4v) is 1.53. The van der Waals surface area contributed by atoms with Gasteiger partial charge in [-0.3, -0.25) is 0 Å². The zero-order valence-corrected chi connectivity index (χ0v) is 7.99. The second-order valence-corrected chi connectivity index (χ2v) is 3.12. The van der Waals surface area contributed by atoms with Gasteiger partial charge in [-0.2, -0.15) is 4.98 Å². The van der Waals surface area contributed by atoms with E-state index in [9.17, 15) is 0 Å². The Labute approximate surface area is 82.4 Å². The molecule has 0 aliphatic rings. The van der Waals surface area contributed by atoms with E-state index in [0.29, 0.717) is 0 Å². The molecule has 0 radical (unpaired) electrons. The Morgan fingerprint density at radius 3 is 2.79 bits per heavy atom. The van der Waals surface area contributed by atoms with Crippen LogP contribution in [0.4, 0.5) is 0 Å². The summed E-state index contributed by atoms with van der Waals surface area (Å²) in [5, 5.41) is 9.11. The lowest BCUT2D eigenvalue weighted by molar-refractivity contribution is 0.437. The van der Waals surface area contributed by atoms with Crippen LogP contribution in [-0.4, -0.2) is 15.1 Å². The molecule has 0 amide bonds. The molecule has 0 aliphatic carbocycles. The van der Waals surface area contributed by atoms with Crippen molar-refractivity contribution in [3.05, 3.63) is 36.0 Å². The highest BCUT2D eigenvalue weighted by atomic mass is 16.3. The molecule has 1 aromatic heterocycles. The molecule has 2 aromatic rings. The van der Waals surface area contributed by atoms with Crippen LogP contribution in [0.5, 0.6) is 6.01 Å². The number of aromatic amines is 1. The van der Waals surface area contributed by atoms with Crippen molar-refractivity contribution < 1.29 is 5.11 Å². The third kappa shape index (κ3) is 1.48. The number of hydrogen-bond acceptors (Lipinski definition) is 2. The monoisotopic (exact) mass is 188 g/mol. The minimum atomic E-state index is -0.0362. The van der Waals surface area contributed by atoms with Crippen LogP contribution in [0.2, 0.25) is 0 Å². The highest BCUT2D eigenvalue weighted by molar-refractivity contribution is 5.63. The number of hydrogen-bond donors (Lipinski definition) is 2. The Bertz CT molecular complexity index is 434. The predicted octanol–water partition coefficient (Wildman–Crippen LogP) is 2.34. The molecule has 14 heavy (non-hydrogen) atoms. The largest absolute Gasteiger partial charge is 0.480 e. The first-order chi connectivity index (χ1) is 6.81. The Hall–Kier alpha value is -1.77. The maximum absolute atomic E-state index is 9.11. The van der Waals surface area contributed by atoms with Gasteiger partial charge in [0.1, 0.15) is 0 Å². The van der Waals surface area contributed by atoms with E-state index >= 15 is 0 Å². The SMILES string of the molecule is CCc1ccccc1-c1c[nH]c(O)n1. The summed E-state index contributed by atoms with van der Waals surface area (Å²) in [6.45, 7) is 2.10. The van der Waals surface area contributed by atoms with Gasteiger partial charge in [-0.25, -0.2) is 0 Å². The maximum atomic E-state index is 9.11. The van der Waals surface area contributed by atoms with Crippen LogP contribution in [0.3, 0.4) is 0 Å². The van der Waals surface area contributed by atoms with E-state index in [2.05, 4.69) is 23.0 Å². The molecule has 0 atom stereocenters. The molecule has 0 saturated heterocycles. The molecule has 0 aliphatic heterocycles. The fraction of sp³-hybridized carbons (Fsp3) is 0.182. The van der Waals surface area contributed by atoms with E-state index in [4.69, 9.17) is 5.11 Å². The number of aryl methyl sites for hydroxylation is 1. The Morgan fingerprint density at radius 2 is 2.14 bits per heavy atom. The normalized spacial score (nSPS) is 10.4. The first kappa shape index (κ1) is 8.81. The number of rotatable bonds is 2. The second kappa shape index (κ2) is 3.54. The summed E-state index contributed by atoms with van der Waals surface area (Å²) in [6, 6.07) is 8.02. The van der Waals surface area contributed by atoms with E-state index < -0.39 is 0 Å². The molecule has 2 N–H and O–H groups in total. The van der Waals surface area contributed by atoms with Gasteiger partial charge in [0.2, 0.25) is 0 Å². The van der Waals surface area contributed by atoms with Crippen molar-refractivity contribution in [1.29, 1.82) is 0 Å². The molecule has 0 fully saturated rings. The number of nitrogens with zero attached hydrogens (tertiary/aromatic N) is 1. The van der Waals surface area contributed by atoms with E-state index in [1.807, 2.05) is 18.2 Å². The highest BCUT2D eigenvalue weighted by Crippen LogP contribution is 2.23. The third-order valence-electron chi connectivity index (χ3n) is 2.24. The van der Waals surface area contributed by atoms with Crippen molar-refractivity contribution in [1.82, 2.24) is 9.97 Å². The van der Waals surface area contributed by atoms with Crippen LogP contribution in [0.25, 0.3) is 11.3 Å². The summed E-state index contributed by atoms with van der Waals surface area (Å²) in [7, 11) is 0. The minimum Gasteiger partial charge on any atom is -0.480 e. The van der Waals surface area contributed by atoms with Gasteiger partial charge < -0.3 is 10.1 Å². The van der Waals surface area contributed by atoms with Crippen LogP contribution in [0, 0.1) is 0 Å². The standard InChI is InChI=1S/C11H12N2O/c1-2-8-5-3-4-6-9(8)10-7-12-11(14)13-10/h3-7H,2H2,1H3,(H2,12,13,14). The molecule has 1 aromatic carbocycles. The summed E-state index contributed by atoms with van der Waals surface area (Å²) in [6.07, 6.45) is 2.67. The molecular weight excluding hydrogens is 176 g/mol. The Morgan fingerprint density at radius 1 is 1.36 bits per heavy atom. The van der Waals surface area contributed by atoms with Gasteiger partial charge in [0.25, 0.3) is 6.01 Å². The van der Waals surface area contributed by atoms with Crippen LogP contribution >= 0.6 is 0 Å². The first-order valence-electron chi connectivity index (χ1n) is 4.64. The molecule has 1 heterocycles. The highest BCUT2D eigenvalue weighted by Gasteiger charge is 2.05. The van der Waals surface area contributed by atoms with Crippen molar-refractivity contribution in [2.45, 2.75) is 13.3 Å².